The van der Waals surface area contributed by atoms with Crippen LogP contribution in [0.25, 0.3) is 0 Å². The molecule has 2 fully saturated rings. The molecule has 5 atom stereocenters. The standard InChI is InChI=1S/C24H22FN3O3S/c25-16-9-5-13(6-10-16)12-28-21-15-8-7-14(11-15)19(21)22(29)20(24(28)30)23-26-17-3-1-2-4-18(17)32(31)27-23/h1-6,9-10,14-15,19,21,29H,7-8,11-12H2,(H,26,27)/t14-,15+,19+,21-,32?/m0/s1. The summed E-state index contributed by atoms with van der Waals surface area (Å²) in [4.78, 5) is 16.1. The number of fused-ring (bicyclic) bond motifs is 6. The van der Waals surface area contributed by atoms with Gasteiger partial charge in [0.1, 0.15) is 17.1 Å². The van der Waals surface area contributed by atoms with Gasteiger partial charge < -0.3 is 15.3 Å². The number of carbonyl (C=O) groups excluding carboxylic acids is 1. The monoisotopic (exact) mass is 451 g/mol. The second kappa shape index (κ2) is 7.27. The molecule has 1 amide bonds. The molecular formula is C24H22FN3O3S. The van der Waals surface area contributed by atoms with Crippen LogP contribution in [-0.4, -0.2) is 32.0 Å². The van der Waals surface area contributed by atoms with E-state index in [1.165, 1.54) is 12.1 Å². The normalized spacial score (nSPS) is 30.7. The number of rotatable bonds is 3. The third-order valence-electron chi connectivity index (χ3n) is 7.28. The Kier molecular flexibility index (Phi) is 4.47. The van der Waals surface area contributed by atoms with Crippen LogP contribution in [0.2, 0.25) is 0 Å². The first-order valence-electron chi connectivity index (χ1n) is 10.9. The van der Waals surface area contributed by atoms with Gasteiger partial charge in [-0.25, -0.2) is 8.60 Å². The number of carbonyl (C=O) groups is 1. The van der Waals surface area contributed by atoms with Crippen molar-refractivity contribution in [3.8, 4) is 0 Å². The van der Waals surface area contributed by atoms with E-state index in [1.54, 1.807) is 30.3 Å². The third-order valence-corrected chi connectivity index (χ3v) is 8.37. The van der Waals surface area contributed by atoms with Crippen LogP contribution in [-0.2, 0) is 22.3 Å². The predicted molar refractivity (Wildman–Crippen MR) is 119 cm³/mol. The van der Waals surface area contributed by atoms with Crippen LogP contribution in [0.3, 0.4) is 0 Å². The zero-order valence-corrected chi connectivity index (χ0v) is 18.0. The van der Waals surface area contributed by atoms with Gasteiger partial charge >= 0.3 is 0 Å². The highest BCUT2D eigenvalue weighted by molar-refractivity contribution is 7.84. The van der Waals surface area contributed by atoms with Crippen LogP contribution in [0.5, 0.6) is 0 Å². The molecule has 6 rings (SSSR count). The van der Waals surface area contributed by atoms with Crippen molar-refractivity contribution in [3.63, 3.8) is 0 Å². The average Bonchev–Trinajstić information content (AvgIpc) is 3.40. The lowest BCUT2D eigenvalue weighted by Gasteiger charge is -2.44. The summed E-state index contributed by atoms with van der Waals surface area (Å²) in [5, 5.41) is 14.4. The fourth-order valence-corrected chi connectivity index (χ4v) is 6.85. The maximum atomic E-state index is 13.8. The Hall–Kier alpha value is -3.00. The Morgan fingerprint density at radius 1 is 1.12 bits per heavy atom. The van der Waals surface area contributed by atoms with Gasteiger partial charge in [-0.05, 0) is 60.9 Å². The summed E-state index contributed by atoms with van der Waals surface area (Å²) in [6.07, 6.45) is 3.04. The molecule has 0 spiro atoms. The number of nitrogens with one attached hydrogen (secondary N) is 1. The highest BCUT2D eigenvalue weighted by atomic mass is 32.2. The van der Waals surface area contributed by atoms with Crippen LogP contribution < -0.4 is 5.32 Å². The molecule has 2 aromatic carbocycles. The second-order valence-electron chi connectivity index (χ2n) is 8.98. The topological polar surface area (TPSA) is 82.0 Å². The summed E-state index contributed by atoms with van der Waals surface area (Å²) in [6, 6.07) is 13.2. The number of hydrogen-bond donors (Lipinski definition) is 2. The summed E-state index contributed by atoms with van der Waals surface area (Å²) in [7, 11) is -1.67. The van der Waals surface area contributed by atoms with Crippen LogP contribution in [0, 0.1) is 23.6 Å². The average molecular weight is 452 g/mol. The lowest BCUT2D eigenvalue weighted by atomic mass is 9.77. The first kappa shape index (κ1) is 19.7. The van der Waals surface area contributed by atoms with Gasteiger partial charge in [0.2, 0.25) is 0 Å². The van der Waals surface area contributed by atoms with Crippen molar-refractivity contribution < 1.29 is 18.5 Å². The SMILES string of the molecule is O=C1C(C2=NS(=O)c3ccccc3N2)=C(O)[C@@H]2[C@H]3CC[C@H](C3)[C@@H]2N1Cc1ccc(F)cc1. The minimum Gasteiger partial charge on any atom is -0.511 e. The van der Waals surface area contributed by atoms with E-state index in [0.717, 1.165) is 24.8 Å². The number of anilines is 1. The summed E-state index contributed by atoms with van der Waals surface area (Å²) in [5.74, 6) is 0.0527. The number of amidine groups is 1. The number of amides is 1. The number of nitrogens with zero attached hydrogens (tertiary/aromatic N) is 2. The van der Waals surface area contributed by atoms with Crippen molar-refractivity contribution >= 4 is 28.4 Å². The minimum absolute atomic E-state index is 0.0604. The lowest BCUT2D eigenvalue weighted by molar-refractivity contribution is -0.134. The summed E-state index contributed by atoms with van der Waals surface area (Å²) in [5.41, 5.74) is 1.54. The molecule has 6 nitrogen and oxygen atoms in total. The van der Waals surface area contributed by atoms with Crippen molar-refractivity contribution in [1.82, 2.24) is 4.90 Å². The summed E-state index contributed by atoms with van der Waals surface area (Å²) in [6.45, 7) is 0.327. The van der Waals surface area contributed by atoms with E-state index in [1.807, 2.05) is 11.0 Å². The zero-order valence-electron chi connectivity index (χ0n) is 17.2. The van der Waals surface area contributed by atoms with Crippen LogP contribution in [0.1, 0.15) is 24.8 Å². The van der Waals surface area contributed by atoms with Crippen molar-refractivity contribution in [1.29, 1.82) is 0 Å². The van der Waals surface area contributed by atoms with Gasteiger partial charge in [-0.3, -0.25) is 4.79 Å². The number of aliphatic hydroxyl groups is 1. The maximum Gasteiger partial charge on any atom is 0.261 e. The predicted octanol–water partition coefficient (Wildman–Crippen LogP) is 3.94. The van der Waals surface area contributed by atoms with Gasteiger partial charge in [0, 0.05) is 18.5 Å². The lowest BCUT2D eigenvalue weighted by Crippen LogP contribution is -2.53. The van der Waals surface area contributed by atoms with Crippen molar-refractivity contribution in [3.05, 3.63) is 71.2 Å². The fourth-order valence-electron chi connectivity index (χ4n) is 5.95. The number of hydrogen-bond acceptors (Lipinski definition) is 4. The zero-order chi connectivity index (χ0) is 22.0. The van der Waals surface area contributed by atoms with E-state index in [2.05, 4.69) is 9.71 Å². The Morgan fingerprint density at radius 2 is 1.88 bits per heavy atom. The Labute approximate surface area is 187 Å². The van der Waals surface area contributed by atoms with E-state index >= 15 is 0 Å². The second-order valence-corrected chi connectivity index (χ2v) is 10.1. The minimum atomic E-state index is -1.67. The van der Waals surface area contributed by atoms with Crippen LogP contribution in [0.15, 0.2) is 69.2 Å². The Balaban J connectivity index is 1.42. The molecule has 2 heterocycles. The molecule has 2 aromatic rings. The molecular weight excluding hydrogens is 429 g/mol. The smallest absolute Gasteiger partial charge is 0.261 e. The van der Waals surface area contributed by atoms with E-state index in [0.29, 0.717) is 29.0 Å². The molecule has 164 valence electrons. The molecule has 2 bridgehead atoms. The number of aliphatic hydroxyl groups excluding tert-OH is 1. The summed E-state index contributed by atoms with van der Waals surface area (Å²) < 4.78 is 30.4. The molecule has 0 saturated heterocycles. The van der Waals surface area contributed by atoms with Crippen molar-refractivity contribution in [2.75, 3.05) is 5.32 Å². The Bertz CT molecular complexity index is 1210. The first-order chi connectivity index (χ1) is 15.5. The van der Waals surface area contributed by atoms with Gasteiger partial charge in [-0.1, -0.05) is 24.3 Å². The molecule has 1 unspecified atom stereocenters. The van der Waals surface area contributed by atoms with Gasteiger partial charge in [-0.15, -0.1) is 0 Å². The maximum absolute atomic E-state index is 13.8. The van der Waals surface area contributed by atoms with E-state index in [-0.39, 0.29) is 40.9 Å². The van der Waals surface area contributed by atoms with E-state index in [9.17, 15) is 18.5 Å². The number of para-hydroxylation sites is 1. The fraction of sp³-hybridized carbons (Fsp3) is 0.333. The molecule has 2 aliphatic heterocycles. The molecule has 0 radical (unpaired) electrons. The van der Waals surface area contributed by atoms with Crippen LogP contribution in [0.4, 0.5) is 10.1 Å². The van der Waals surface area contributed by atoms with Gasteiger partial charge in [0.25, 0.3) is 5.91 Å². The van der Waals surface area contributed by atoms with Crippen molar-refractivity contribution in [2.45, 2.75) is 36.7 Å². The van der Waals surface area contributed by atoms with E-state index < -0.39 is 11.0 Å². The molecule has 0 aromatic heterocycles. The third kappa shape index (κ3) is 2.92. The highest BCUT2D eigenvalue weighted by Crippen LogP contribution is 2.55. The quantitative estimate of drug-likeness (QED) is 0.741. The summed E-state index contributed by atoms with van der Waals surface area (Å²) >= 11 is 0. The number of halogens is 1. The van der Waals surface area contributed by atoms with Gasteiger partial charge in [-0.2, -0.15) is 4.40 Å². The van der Waals surface area contributed by atoms with Crippen LogP contribution >= 0.6 is 0 Å². The molecule has 2 aliphatic carbocycles. The highest BCUT2D eigenvalue weighted by Gasteiger charge is 2.57. The largest absolute Gasteiger partial charge is 0.511 e. The van der Waals surface area contributed by atoms with E-state index in [4.69, 9.17) is 0 Å². The first-order valence-corrected chi connectivity index (χ1v) is 12.0. The molecule has 2 N–H and O–H groups in total. The molecule has 32 heavy (non-hydrogen) atoms. The molecule has 2 saturated carbocycles. The molecule has 8 heteroatoms. The van der Waals surface area contributed by atoms with Crippen molar-refractivity contribution in [2.24, 2.45) is 22.2 Å². The van der Waals surface area contributed by atoms with Gasteiger partial charge in [0.05, 0.1) is 10.6 Å². The molecule has 4 aliphatic rings. The Morgan fingerprint density at radius 3 is 2.69 bits per heavy atom. The number of benzene rings is 2. The van der Waals surface area contributed by atoms with Gasteiger partial charge in [0.15, 0.2) is 16.8 Å².